The van der Waals surface area contributed by atoms with Gasteiger partial charge in [-0.15, -0.1) is 0 Å². The number of phenolic OH excluding ortho intramolecular Hbond substituents is 2. The molecule has 0 atom stereocenters. The number of aromatic hydroxyl groups is 2. The predicted octanol–water partition coefficient (Wildman–Crippen LogP) is -3.55. The Bertz CT molecular complexity index is 1110. The van der Waals surface area contributed by atoms with E-state index < -0.39 is 11.9 Å². The van der Waals surface area contributed by atoms with Crippen LogP contribution in [0.15, 0.2) is 36.4 Å². The number of aliphatic carboxylic acids is 2. The second kappa shape index (κ2) is 27.6. The molecule has 0 bridgehead atoms. The zero-order valence-corrected chi connectivity index (χ0v) is 31.5. The number of carboxylic acids is 2. The van der Waals surface area contributed by atoms with E-state index >= 15 is 0 Å². The molecule has 2 aromatic carbocycles. The van der Waals surface area contributed by atoms with Gasteiger partial charge in [0.1, 0.15) is 23.0 Å². The Morgan fingerprint density at radius 1 is 0.587 bits per heavy atom. The summed E-state index contributed by atoms with van der Waals surface area (Å²) in [5, 5.41) is 45.4. The summed E-state index contributed by atoms with van der Waals surface area (Å²) in [4.78, 5) is 44.2. The van der Waals surface area contributed by atoms with Crippen LogP contribution >= 0.6 is 0 Å². The molecule has 0 aliphatic rings. The van der Waals surface area contributed by atoms with Crippen LogP contribution in [0.4, 0.5) is 0 Å². The minimum Gasteiger partial charge on any atom is -0.550 e. The molecule has 0 aliphatic heterocycles. The maximum atomic E-state index is 11.9. The molecule has 0 heterocycles. The van der Waals surface area contributed by atoms with Gasteiger partial charge < -0.3 is 50.1 Å². The zero-order chi connectivity index (χ0) is 32.7. The number of rotatable bonds is 20. The van der Waals surface area contributed by atoms with Gasteiger partial charge in [-0.1, -0.05) is 38.5 Å². The van der Waals surface area contributed by atoms with Gasteiger partial charge in [0, 0.05) is 37.2 Å². The molecule has 2 amide bonds. The van der Waals surface area contributed by atoms with Crippen LogP contribution in [0.2, 0.25) is 0 Å². The molecular weight excluding hydrogens is 618 g/mol. The van der Waals surface area contributed by atoms with Gasteiger partial charge in [0.05, 0.1) is 25.3 Å². The summed E-state index contributed by atoms with van der Waals surface area (Å²) >= 11 is 0. The number of benzene rings is 2. The minimum absolute atomic E-state index is 0. The molecule has 0 radical (unpaired) electrons. The Balaban J connectivity index is 0. The topological polar surface area (TPSA) is 197 Å². The Morgan fingerprint density at radius 3 is 1.22 bits per heavy atom. The fourth-order valence-corrected chi connectivity index (χ4v) is 4.10. The molecule has 0 saturated heterocycles. The molecule has 2 rings (SSSR count). The van der Waals surface area contributed by atoms with Crippen LogP contribution in [0.5, 0.6) is 23.0 Å². The average Bonchev–Trinajstić information content (AvgIpc) is 2.99. The van der Waals surface area contributed by atoms with Crippen LogP contribution in [0.3, 0.4) is 0 Å². The second-order valence-electron chi connectivity index (χ2n) is 10.1. The van der Waals surface area contributed by atoms with E-state index in [1.165, 1.54) is 38.5 Å². The van der Waals surface area contributed by atoms with Crippen molar-refractivity contribution in [1.82, 2.24) is 10.6 Å². The van der Waals surface area contributed by atoms with Crippen molar-refractivity contribution in [3.63, 3.8) is 0 Å². The van der Waals surface area contributed by atoms with Crippen molar-refractivity contribution in [2.45, 2.75) is 77.0 Å². The van der Waals surface area contributed by atoms with Crippen LogP contribution in [0.25, 0.3) is 0 Å². The van der Waals surface area contributed by atoms with E-state index in [1.54, 1.807) is 12.1 Å². The number of phenols is 2. The van der Waals surface area contributed by atoms with E-state index in [4.69, 9.17) is 9.47 Å². The van der Waals surface area contributed by atoms with Crippen molar-refractivity contribution in [2.75, 3.05) is 27.3 Å². The van der Waals surface area contributed by atoms with E-state index in [0.29, 0.717) is 37.4 Å². The fourth-order valence-electron chi connectivity index (χ4n) is 4.10. The molecule has 4 N–H and O–H groups in total. The molecule has 0 spiro atoms. The number of carbonyl (C=O) groups excluding carboxylic acids is 4. The first-order valence-electron chi connectivity index (χ1n) is 14.8. The van der Waals surface area contributed by atoms with Gasteiger partial charge in [-0.2, -0.15) is 0 Å². The van der Waals surface area contributed by atoms with E-state index in [1.807, 2.05) is 0 Å². The number of methoxy groups -OCH3 is 2. The van der Waals surface area contributed by atoms with Gasteiger partial charge in [0.15, 0.2) is 0 Å². The van der Waals surface area contributed by atoms with Gasteiger partial charge in [-0.05, 0) is 62.8 Å². The second-order valence-corrected chi connectivity index (χ2v) is 10.1. The summed E-state index contributed by atoms with van der Waals surface area (Å²) in [5.74, 6) is -1.90. The third-order valence-corrected chi connectivity index (χ3v) is 6.59. The number of carboxylic acid groups (broad SMARTS) is 2. The predicted molar refractivity (Wildman–Crippen MR) is 159 cm³/mol. The largest absolute Gasteiger partial charge is 1.00 e. The zero-order valence-electron chi connectivity index (χ0n) is 27.5. The number of hydrogen-bond acceptors (Lipinski definition) is 10. The van der Waals surface area contributed by atoms with Crippen molar-refractivity contribution in [1.29, 1.82) is 0 Å². The Labute approximate surface area is 315 Å². The Kier molecular flexibility index (Phi) is 27.4. The number of carbonyl (C=O) groups is 4. The van der Waals surface area contributed by atoms with Crippen molar-refractivity contribution < 1.29 is 108 Å². The fraction of sp³-hybridized carbons (Fsp3) is 0.500. The van der Waals surface area contributed by atoms with Crippen LogP contribution in [0.1, 0.15) is 97.8 Å². The smallest absolute Gasteiger partial charge is 0.550 e. The maximum absolute atomic E-state index is 11.9. The van der Waals surface area contributed by atoms with Gasteiger partial charge >= 0.3 is 59.1 Å². The molecule has 12 nitrogen and oxygen atoms in total. The molecule has 14 heteroatoms. The first-order chi connectivity index (χ1) is 21.1. The maximum Gasteiger partial charge on any atom is 1.00 e. The van der Waals surface area contributed by atoms with E-state index in [9.17, 15) is 39.6 Å². The van der Waals surface area contributed by atoms with E-state index in [2.05, 4.69) is 10.6 Å². The molecular formula is C32H44N2Na2O10. The third-order valence-electron chi connectivity index (χ3n) is 6.59. The summed E-state index contributed by atoms with van der Waals surface area (Å²) in [5.41, 5.74) is 0.435. The molecule has 0 fully saturated rings. The number of unbranched alkanes of at least 4 members (excludes halogenated alkanes) is 8. The first kappa shape index (κ1) is 45.6. The standard InChI is InChI=1S/2C16H23NO5.2Na/c2*1-22-12-8-9-13(14(18)11-12)16(21)17-10-6-4-2-3-5-7-15(19)20;;/h2*8-9,11,18H,2-7,10H2,1H3,(H,17,21)(H,19,20);;/q;;2*+1/p-2. The minimum atomic E-state index is -1.01. The van der Waals surface area contributed by atoms with Crippen LogP contribution in [0, 0.1) is 0 Å². The molecule has 244 valence electrons. The number of amides is 2. The van der Waals surface area contributed by atoms with Crippen LogP contribution in [-0.2, 0) is 9.59 Å². The molecule has 0 saturated carbocycles. The van der Waals surface area contributed by atoms with Gasteiger partial charge in [-0.3, -0.25) is 9.59 Å². The summed E-state index contributed by atoms with van der Waals surface area (Å²) < 4.78 is 9.91. The van der Waals surface area contributed by atoms with E-state index in [0.717, 1.165) is 51.4 Å². The first-order valence-corrected chi connectivity index (χ1v) is 14.8. The van der Waals surface area contributed by atoms with Gasteiger partial charge in [-0.25, -0.2) is 0 Å². The third kappa shape index (κ3) is 20.6. The van der Waals surface area contributed by atoms with Crippen molar-refractivity contribution in [2.24, 2.45) is 0 Å². The number of ether oxygens (including phenoxy) is 2. The summed E-state index contributed by atoms with van der Waals surface area (Å²) in [6.07, 6.45) is 8.49. The SMILES string of the molecule is COc1ccc(C(=O)NCCCCCCCC(=O)[O-])c(O)c1.COc1ccc(C(=O)NCCCCCCCC(=O)[O-])c(O)c1.[Na+].[Na+]. The molecule has 0 aromatic heterocycles. The number of nitrogens with one attached hydrogen (secondary N) is 2. The molecule has 0 unspecified atom stereocenters. The molecule has 2 aromatic rings. The molecule has 46 heavy (non-hydrogen) atoms. The monoisotopic (exact) mass is 662 g/mol. The van der Waals surface area contributed by atoms with Gasteiger partial charge in [0.2, 0.25) is 0 Å². The van der Waals surface area contributed by atoms with E-state index in [-0.39, 0.29) is 106 Å². The molecule has 0 aliphatic carbocycles. The Morgan fingerprint density at radius 2 is 0.913 bits per heavy atom. The van der Waals surface area contributed by atoms with Gasteiger partial charge in [0.25, 0.3) is 11.8 Å². The van der Waals surface area contributed by atoms with Crippen LogP contribution in [-0.4, -0.2) is 61.3 Å². The normalized spacial score (nSPS) is 9.78. The summed E-state index contributed by atoms with van der Waals surface area (Å²) in [6.45, 7) is 1.04. The van der Waals surface area contributed by atoms with Crippen molar-refractivity contribution >= 4 is 23.8 Å². The Hall–Kier alpha value is -2.48. The van der Waals surface area contributed by atoms with Crippen molar-refractivity contribution in [3.8, 4) is 23.0 Å². The average molecular weight is 663 g/mol. The quantitative estimate of drug-likeness (QED) is 0.0814. The van der Waals surface area contributed by atoms with Crippen molar-refractivity contribution in [3.05, 3.63) is 47.5 Å². The summed E-state index contributed by atoms with van der Waals surface area (Å²) in [7, 11) is 2.98. The number of hydrogen-bond donors (Lipinski definition) is 4. The summed E-state index contributed by atoms with van der Waals surface area (Å²) in [6, 6.07) is 9.06. The van der Waals surface area contributed by atoms with Crippen LogP contribution < -0.4 is 89.4 Å².